The normalized spacial score (nSPS) is 20.1. The zero-order chi connectivity index (χ0) is 22.9. The number of hydrogen-bond donors (Lipinski definition) is 0. The number of piperidine rings is 1. The van der Waals surface area contributed by atoms with E-state index in [0.717, 1.165) is 34.7 Å². The maximum absolute atomic E-state index is 13.3. The SMILES string of the molecule is Cc1ccc(S(=O)(=O)N2C(=O)CC[C@@H]2C(=O)N2CCC(Cc3ccccc3)CC2)cc1C. The van der Waals surface area contributed by atoms with E-state index >= 15 is 0 Å². The number of likely N-dealkylation sites (tertiary alicyclic amines) is 1. The Bertz CT molecular complexity index is 1110. The van der Waals surface area contributed by atoms with E-state index in [4.69, 9.17) is 0 Å². The number of benzene rings is 2. The number of nitrogens with zero attached hydrogens (tertiary/aromatic N) is 2. The summed E-state index contributed by atoms with van der Waals surface area (Å²) < 4.78 is 27.4. The predicted octanol–water partition coefficient (Wildman–Crippen LogP) is 3.46. The van der Waals surface area contributed by atoms with Crippen molar-refractivity contribution in [3.63, 3.8) is 0 Å². The minimum atomic E-state index is -4.08. The lowest BCUT2D eigenvalue weighted by atomic mass is 9.90. The van der Waals surface area contributed by atoms with Gasteiger partial charge in [0.25, 0.3) is 10.0 Å². The monoisotopic (exact) mass is 454 g/mol. The molecule has 0 aliphatic carbocycles. The molecular formula is C25H30N2O4S. The summed E-state index contributed by atoms with van der Waals surface area (Å²) in [6.45, 7) is 4.93. The van der Waals surface area contributed by atoms with Crippen LogP contribution in [0.2, 0.25) is 0 Å². The second kappa shape index (κ2) is 9.06. The van der Waals surface area contributed by atoms with Gasteiger partial charge in [-0.25, -0.2) is 12.7 Å². The quantitative estimate of drug-likeness (QED) is 0.693. The van der Waals surface area contributed by atoms with Crippen molar-refractivity contribution in [3.8, 4) is 0 Å². The van der Waals surface area contributed by atoms with E-state index in [1.54, 1.807) is 17.0 Å². The maximum atomic E-state index is 13.3. The van der Waals surface area contributed by atoms with E-state index in [1.165, 1.54) is 11.6 Å². The Balaban J connectivity index is 1.46. The standard InChI is InChI=1S/C25H30N2O4S/c1-18-8-9-22(16-19(18)2)32(30,31)27-23(10-11-24(27)28)25(29)26-14-12-21(13-15-26)17-20-6-4-3-5-7-20/h3-9,16,21,23H,10-15,17H2,1-2H3/t23-/m1/s1. The number of carbonyl (C=O) groups is 2. The molecule has 32 heavy (non-hydrogen) atoms. The van der Waals surface area contributed by atoms with Crippen LogP contribution in [0.15, 0.2) is 53.4 Å². The van der Waals surface area contributed by atoms with Crippen LogP contribution in [0.1, 0.15) is 42.4 Å². The molecule has 2 aliphatic rings. The molecule has 0 aromatic heterocycles. The average Bonchev–Trinajstić information content (AvgIpc) is 3.18. The van der Waals surface area contributed by atoms with Crippen molar-refractivity contribution in [2.24, 2.45) is 5.92 Å². The molecular weight excluding hydrogens is 424 g/mol. The van der Waals surface area contributed by atoms with Crippen LogP contribution in [0.25, 0.3) is 0 Å². The molecule has 2 amide bonds. The van der Waals surface area contributed by atoms with Crippen molar-refractivity contribution in [1.82, 2.24) is 9.21 Å². The first-order valence-electron chi connectivity index (χ1n) is 11.2. The third-order valence-corrected chi connectivity index (χ3v) is 8.60. The van der Waals surface area contributed by atoms with Crippen molar-refractivity contribution in [2.75, 3.05) is 13.1 Å². The zero-order valence-electron chi connectivity index (χ0n) is 18.7. The molecule has 0 radical (unpaired) electrons. The molecule has 4 rings (SSSR count). The lowest BCUT2D eigenvalue weighted by molar-refractivity contribution is -0.139. The first kappa shape index (κ1) is 22.5. The van der Waals surface area contributed by atoms with Gasteiger partial charge in [0, 0.05) is 19.5 Å². The largest absolute Gasteiger partial charge is 0.341 e. The highest BCUT2D eigenvalue weighted by molar-refractivity contribution is 7.89. The van der Waals surface area contributed by atoms with Gasteiger partial charge < -0.3 is 4.90 Å². The number of carbonyl (C=O) groups excluding carboxylic acids is 2. The van der Waals surface area contributed by atoms with Gasteiger partial charge in [-0.2, -0.15) is 0 Å². The van der Waals surface area contributed by atoms with E-state index in [1.807, 2.05) is 32.0 Å². The van der Waals surface area contributed by atoms with Gasteiger partial charge in [0.2, 0.25) is 11.8 Å². The van der Waals surface area contributed by atoms with Crippen molar-refractivity contribution in [3.05, 3.63) is 65.2 Å². The summed E-state index contributed by atoms with van der Waals surface area (Å²) in [6, 6.07) is 14.2. The Kier molecular flexibility index (Phi) is 6.38. The lowest BCUT2D eigenvalue weighted by Crippen LogP contribution is -2.51. The molecule has 2 saturated heterocycles. The second-order valence-corrected chi connectivity index (χ2v) is 10.8. The van der Waals surface area contributed by atoms with Crippen LogP contribution in [0, 0.1) is 19.8 Å². The van der Waals surface area contributed by atoms with Crippen LogP contribution < -0.4 is 0 Å². The Labute approximate surface area is 190 Å². The van der Waals surface area contributed by atoms with Crippen LogP contribution in [0.4, 0.5) is 0 Å². The number of aryl methyl sites for hydroxylation is 2. The molecule has 0 bridgehead atoms. The second-order valence-electron chi connectivity index (χ2n) is 8.95. The van der Waals surface area contributed by atoms with Crippen LogP contribution >= 0.6 is 0 Å². The smallest absolute Gasteiger partial charge is 0.267 e. The Morgan fingerprint density at radius 2 is 1.66 bits per heavy atom. The summed E-state index contributed by atoms with van der Waals surface area (Å²) in [7, 11) is -4.08. The molecule has 0 N–H and O–H groups in total. The van der Waals surface area contributed by atoms with Crippen LogP contribution in [-0.4, -0.2) is 48.6 Å². The topological polar surface area (TPSA) is 74.8 Å². The first-order valence-corrected chi connectivity index (χ1v) is 12.7. The summed E-state index contributed by atoms with van der Waals surface area (Å²) in [5.74, 6) is -0.246. The zero-order valence-corrected chi connectivity index (χ0v) is 19.5. The number of amides is 2. The molecule has 0 unspecified atom stereocenters. The first-order chi connectivity index (χ1) is 15.3. The van der Waals surface area contributed by atoms with Crippen LogP contribution in [0.5, 0.6) is 0 Å². The fourth-order valence-corrected chi connectivity index (χ4v) is 6.37. The molecule has 2 aromatic carbocycles. The van der Waals surface area contributed by atoms with E-state index in [9.17, 15) is 18.0 Å². The Hall–Kier alpha value is -2.67. The third-order valence-electron chi connectivity index (χ3n) is 6.77. The minimum absolute atomic E-state index is 0.0650. The summed E-state index contributed by atoms with van der Waals surface area (Å²) in [6.07, 6.45) is 3.06. The fourth-order valence-electron chi connectivity index (χ4n) is 4.69. The Morgan fingerprint density at radius 1 is 0.969 bits per heavy atom. The minimum Gasteiger partial charge on any atom is -0.341 e. The number of sulfonamides is 1. The molecule has 2 aromatic rings. The highest BCUT2D eigenvalue weighted by Gasteiger charge is 2.46. The lowest BCUT2D eigenvalue weighted by Gasteiger charge is -2.35. The van der Waals surface area contributed by atoms with E-state index < -0.39 is 22.0 Å². The van der Waals surface area contributed by atoms with Gasteiger partial charge in [0.1, 0.15) is 6.04 Å². The van der Waals surface area contributed by atoms with Gasteiger partial charge >= 0.3 is 0 Å². The van der Waals surface area contributed by atoms with Gasteiger partial charge in [-0.15, -0.1) is 0 Å². The highest BCUT2D eigenvalue weighted by Crippen LogP contribution is 2.31. The predicted molar refractivity (Wildman–Crippen MR) is 122 cm³/mol. The maximum Gasteiger partial charge on any atom is 0.267 e. The Morgan fingerprint density at radius 3 is 2.31 bits per heavy atom. The van der Waals surface area contributed by atoms with Crippen molar-refractivity contribution < 1.29 is 18.0 Å². The van der Waals surface area contributed by atoms with E-state index in [2.05, 4.69) is 12.1 Å². The highest BCUT2D eigenvalue weighted by atomic mass is 32.2. The van der Waals surface area contributed by atoms with Gasteiger partial charge in [0.05, 0.1) is 4.90 Å². The van der Waals surface area contributed by atoms with Crippen molar-refractivity contribution in [2.45, 2.75) is 56.9 Å². The van der Waals surface area contributed by atoms with E-state index in [0.29, 0.717) is 19.0 Å². The van der Waals surface area contributed by atoms with Crippen LogP contribution in [0.3, 0.4) is 0 Å². The van der Waals surface area contributed by atoms with Crippen molar-refractivity contribution in [1.29, 1.82) is 0 Å². The summed E-state index contributed by atoms with van der Waals surface area (Å²) in [5, 5.41) is 0. The molecule has 2 heterocycles. The van der Waals surface area contributed by atoms with Gasteiger partial charge in [-0.1, -0.05) is 36.4 Å². The fraction of sp³-hybridized carbons (Fsp3) is 0.440. The third kappa shape index (κ3) is 4.44. The van der Waals surface area contributed by atoms with Gasteiger partial charge in [-0.05, 0) is 74.3 Å². The number of hydrogen-bond acceptors (Lipinski definition) is 4. The molecule has 170 valence electrons. The molecule has 6 nitrogen and oxygen atoms in total. The molecule has 2 aliphatic heterocycles. The summed E-state index contributed by atoms with van der Waals surface area (Å²) in [4.78, 5) is 27.7. The molecule has 2 fully saturated rings. The molecule has 0 saturated carbocycles. The summed E-state index contributed by atoms with van der Waals surface area (Å²) in [5.41, 5.74) is 3.10. The van der Waals surface area contributed by atoms with Gasteiger partial charge in [-0.3, -0.25) is 9.59 Å². The molecule has 0 spiro atoms. The van der Waals surface area contributed by atoms with E-state index in [-0.39, 0.29) is 23.6 Å². The van der Waals surface area contributed by atoms with Crippen molar-refractivity contribution >= 4 is 21.8 Å². The number of rotatable bonds is 5. The summed E-state index contributed by atoms with van der Waals surface area (Å²) >= 11 is 0. The molecule has 1 atom stereocenters. The van der Waals surface area contributed by atoms with Crippen LogP contribution in [-0.2, 0) is 26.0 Å². The molecule has 7 heteroatoms. The average molecular weight is 455 g/mol. The van der Waals surface area contributed by atoms with Gasteiger partial charge in [0.15, 0.2) is 0 Å².